The van der Waals surface area contributed by atoms with Gasteiger partial charge in [-0.25, -0.2) is 4.98 Å². The minimum absolute atomic E-state index is 0.144. The molecule has 2 N–H and O–H groups in total. The molecule has 0 spiro atoms. The highest BCUT2D eigenvalue weighted by Crippen LogP contribution is 2.01. The smallest absolute Gasteiger partial charge is 0.294 e. The summed E-state index contributed by atoms with van der Waals surface area (Å²) in [5.74, 6) is 0.504. The van der Waals surface area contributed by atoms with E-state index in [2.05, 4.69) is 4.98 Å². The molecule has 0 bridgehead atoms. The van der Waals surface area contributed by atoms with Crippen molar-refractivity contribution in [1.29, 1.82) is 0 Å². The zero-order valence-electron chi connectivity index (χ0n) is 6.56. The van der Waals surface area contributed by atoms with E-state index in [9.17, 15) is 4.79 Å². The summed E-state index contributed by atoms with van der Waals surface area (Å²) in [6.07, 6.45) is 4.77. The van der Waals surface area contributed by atoms with Crippen molar-refractivity contribution in [2.45, 2.75) is 0 Å². The van der Waals surface area contributed by atoms with E-state index >= 15 is 0 Å². The molecule has 5 heteroatoms. The van der Waals surface area contributed by atoms with Crippen LogP contribution in [0.1, 0.15) is 0 Å². The van der Waals surface area contributed by atoms with Gasteiger partial charge in [-0.15, -0.1) is 0 Å². The number of aromatic nitrogens is 3. The summed E-state index contributed by atoms with van der Waals surface area (Å²) in [6, 6.07) is 0. The molecule has 12 heavy (non-hydrogen) atoms. The minimum atomic E-state index is -0.144. The van der Waals surface area contributed by atoms with Crippen LogP contribution in [-0.2, 0) is 7.05 Å². The maximum atomic E-state index is 11.4. The predicted octanol–water partition coefficient (Wildman–Crippen LogP) is -0.385. The Morgan fingerprint density at radius 1 is 1.58 bits per heavy atom. The first-order valence-electron chi connectivity index (χ1n) is 3.48. The van der Waals surface area contributed by atoms with Crippen LogP contribution in [0.2, 0.25) is 0 Å². The topological polar surface area (TPSA) is 65.3 Å². The van der Waals surface area contributed by atoms with E-state index in [-0.39, 0.29) is 5.56 Å². The lowest BCUT2D eigenvalue weighted by Gasteiger charge is -2.01. The number of rotatable bonds is 0. The van der Waals surface area contributed by atoms with Crippen LogP contribution in [0.3, 0.4) is 0 Å². The van der Waals surface area contributed by atoms with Gasteiger partial charge in [-0.2, -0.15) is 0 Å². The zero-order valence-corrected chi connectivity index (χ0v) is 6.56. The fraction of sp³-hybridized carbons (Fsp3) is 0.143. The van der Waals surface area contributed by atoms with Gasteiger partial charge in [0.05, 0.1) is 0 Å². The molecule has 0 saturated carbocycles. The number of hydrogen-bond donors (Lipinski definition) is 1. The third-order valence-corrected chi connectivity index (χ3v) is 1.76. The highest BCUT2D eigenvalue weighted by Gasteiger charge is 2.03. The van der Waals surface area contributed by atoms with Gasteiger partial charge in [0.1, 0.15) is 5.82 Å². The summed E-state index contributed by atoms with van der Waals surface area (Å²) in [4.78, 5) is 15.3. The highest BCUT2D eigenvalue weighted by atomic mass is 16.1. The predicted molar refractivity (Wildman–Crippen MR) is 44.8 cm³/mol. The number of fused-ring (bicyclic) bond motifs is 1. The second-order valence-corrected chi connectivity index (χ2v) is 2.59. The molecule has 2 aromatic rings. The summed E-state index contributed by atoms with van der Waals surface area (Å²) in [6.45, 7) is 0. The Kier molecular flexibility index (Phi) is 1.21. The number of imidazole rings is 1. The summed E-state index contributed by atoms with van der Waals surface area (Å²) in [5, 5.41) is 0. The van der Waals surface area contributed by atoms with Crippen LogP contribution in [0.25, 0.3) is 5.65 Å². The van der Waals surface area contributed by atoms with Crippen molar-refractivity contribution < 1.29 is 0 Å². The molecule has 0 radical (unpaired) electrons. The summed E-state index contributed by atoms with van der Waals surface area (Å²) in [7, 11) is 1.65. The van der Waals surface area contributed by atoms with Gasteiger partial charge in [-0.3, -0.25) is 9.20 Å². The maximum Gasteiger partial charge on any atom is 0.294 e. The van der Waals surface area contributed by atoms with E-state index in [1.807, 2.05) is 0 Å². The first-order valence-corrected chi connectivity index (χ1v) is 3.48. The Morgan fingerprint density at radius 3 is 3.08 bits per heavy atom. The van der Waals surface area contributed by atoms with Crippen molar-refractivity contribution >= 4 is 11.5 Å². The monoisotopic (exact) mass is 164 g/mol. The zero-order chi connectivity index (χ0) is 8.72. The van der Waals surface area contributed by atoms with E-state index in [0.29, 0.717) is 11.5 Å². The van der Waals surface area contributed by atoms with Gasteiger partial charge in [0.15, 0.2) is 0 Å². The van der Waals surface area contributed by atoms with E-state index in [0.717, 1.165) is 0 Å². The third kappa shape index (κ3) is 0.730. The van der Waals surface area contributed by atoms with Gasteiger partial charge in [0.2, 0.25) is 5.65 Å². The Morgan fingerprint density at radius 2 is 2.33 bits per heavy atom. The molecule has 0 aliphatic carbocycles. The molecule has 0 unspecified atom stereocenters. The van der Waals surface area contributed by atoms with Crippen LogP contribution in [0, 0.1) is 0 Å². The van der Waals surface area contributed by atoms with Crippen LogP contribution >= 0.6 is 0 Å². The third-order valence-electron chi connectivity index (χ3n) is 1.76. The Bertz CT molecular complexity index is 482. The lowest BCUT2D eigenvalue weighted by Crippen LogP contribution is -2.20. The van der Waals surface area contributed by atoms with Gasteiger partial charge in [0.25, 0.3) is 5.56 Å². The minimum Gasteiger partial charge on any atom is -0.384 e. The highest BCUT2D eigenvalue weighted by molar-refractivity contribution is 5.44. The van der Waals surface area contributed by atoms with Crippen LogP contribution in [-0.4, -0.2) is 14.0 Å². The average Bonchev–Trinajstić information content (AvgIpc) is 2.48. The Hall–Kier alpha value is -1.78. The molecule has 0 fully saturated rings. The van der Waals surface area contributed by atoms with E-state index < -0.39 is 0 Å². The van der Waals surface area contributed by atoms with Gasteiger partial charge in [-0.1, -0.05) is 0 Å². The van der Waals surface area contributed by atoms with E-state index in [1.54, 1.807) is 30.0 Å². The van der Waals surface area contributed by atoms with Crippen molar-refractivity contribution in [2.75, 3.05) is 5.73 Å². The fourth-order valence-corrected chi connectivity index (χ4v) is 1.15. The average molecular weight is 164 g/mol. The molecule has 2 rings (SSSR count). The SMILES string of the molecule is Cn1cc(N)n2ccnc2c1=O. The Labute approximate surface area is 68.1 Å². The van der Waals surface area contributed by atoms with Crippen LogP contribution in [0.5, 0.6) is 0 Å². The number of nitrogens with two attached hydrogens (primary N) is 1. The second-order valence-electron chi connectivity index (χ2n) is 2.59. The van der Waals surface area contributed by atoms with E-state index in [4.69, 9.17) is 5.73 Å². The van der Waals surface area contributed by atoms with Crippen molar-refractivity contribution in [3.63, 3.8) is 0 Å². The standard InChI is InChI=1S/C7H8N4O/c1-10-4-5(8)11-3-2-9-6(11)7(10)12/h2-4H,8H2,1H3. The fourth-order valence-electron chi connectivity index (χ4n) is 1.15. The lowest BCUT2D eigenvalue weighted by molar-refractivity contribution is 0.847. The van der Waals surface area contributed by atoms with E-state index in [1.165, 1.54) is 4.57 Å². The lowest BCUT2D eigenvalue weighted by atomic mass is 10.6. The number of hydrogen-bond acceptors (Lipinski definition) is 3. The molecule has 0 amide bonds. The summed E-state index contributed by atoms with van der Waals surface area (Å²) >= 11 is 0. The molecule has 2 aromatic heterocycles. The largest absolute Gasteiger partial charge is 0.384 e. The summed E-state index contributed by atoms with van der Waals surface area (Å²) in [5.41, 5.74) is 5.85. The van der Waals surface area contributed by atoms with Gasteiger partial charge >= 0.3 is 0 Å². The number of nitrogen functional groups attached to an aromatic ring is 1. The Balaban J connectivity index is 3.07. The molecule has 0 aliphatic rings. The molecule has 5 nitrogen and oxygen atoms in total. The number of aryl methyl sites for hydroxylation is 1. The van der Waals surface area contributed by atoms with Gasteiger partial charge in [-0.05, 0) is 0 Å². The van der Waals surface area contributed by atoms with Gasteiger partial charge < -0.3 is 10.3 Å². The molecule has 2 heterocycles. The van der Waals surface area contributed by atoms with Crippen molar-refractivity contribution in [3.8, 4) is 0 Å². The van der Waals surface area contributed by atoms with Crippen LogP contribution in [0.15, 0.2) is 23.4 Å². The van der Waals surface area contributed by atoms with Crippen molar-refractivity contribution in [2.24, 2.45) is 7.05 Å². The first kappa shape index (κ1) is 6.90. The molecule has 0 aliphatic heterocycles. The molecule has 0 saturated heterocycles. The van der Waals surface area contributed by atoms with Gasteiger partial charge in [0, 0.05) is 25.6 Å². The van der Waals surface area contributed by atoms with Crippen molar-refractivity contribution in [1.82, 2.24) is 14.0 Å². The molecular formula is C7H8N4O. The molecule has 0 aromatic carbocycles. The second kappa shape index (κ2) is 2.10. The van der Waals surface area contributed by atoms with Crippen LogP contribution in [0.4, 0.5) is 5.82 Å². The maximum absolute atomic E-state index is 11.4. The summed E-state index contributed by atoms with van der Waals surface area (Å²) < 4.78 is 2.97. The normalized spacial score (nSPS) is 10.8. The van der Waals surface area contributed by atoms with Crippen LogP contribution < -0.4 is 11.3 Å². The number of nitrogens with zero attached hydrogens (tertiary/aromatic N) is 3. The molecular weight excluding hydrogens is 156 g/mol. The molecule has 62 valence electrons. The first-order chi connectivity index (χ1) is 5.70. The van der Waals surface area contributed by atoms with Crippen molar-refractivity contribution in [3.05, 3.63) is 28.9 Å². The quantitative estimate of drug-likeness (QED) is 0.577. The molecule has 0 atom stereocenters. The number of anilines is 1.